The normalized spacial score (nSPS) is 12.9. The van der Waals surface area contributed by atoms with Crippen molar-refractivity contribution in [2.45, 2.75) is 39.8 Å². The molecule has 0 saturated heterocycles. The van der Waals surface area contributed by atoms with Crippen molar-refractivity contribution < 1.29 is 9.13 Å². The molecular formula is C21H25FN6O. The third-order valence-corrected chi connectivity index (χ3v) is 4.98. The Hall–Kier alpha value is -3.00. The van der Waals surface area contributed by atoms with Gasteiger partial charge in [0, 0.05) is 42.5 Å². The molecule has 4 aromatic rings. The number of rotatable bonds is 6. The van der Waals surface area contributed by atoms with Gasteiger partial charge >= 0.3 is 0 Å². The number of H-pyrrole nitrogens is 1. The van der Waals surface area contributed by atoms with E-state index in [-0.39, 0.29) is 17.9 Å². The molecule has 4 rings (SSSR count). The second-order valence-corrected chi connectivity index (χ2v) is 7.61. The molecule has 0 aliphatic rings. The smallest absolute Gasteiger partial charge is 0.224 e. The number of aromatic nitrogens is 5. The maximum Gasteiger partial charge on any atom is 0.224 e. The van der Waals surface area contributed by atoms with E-state index in [4.69, 9.17) is 4.74 Å². The van der Waals surface area contributed by atoms with E-state index in [9.17, 15) is 4.39 Å². The second-order valence-electron chi connectivity index (χ2n) is 7.61. The van der Waals surface area contributed by atoms with Gasteiger partial charge in [-0.15, -0.1) is 0 Å². The maximum absolute atomic E-state index is 14.8. The molecular weight excluding hydrogens is 371 g/mol. The molecule has 0 bridgehead atoms. The number of anilines is 1. The van der Waals surface area contributed by atoms with Crippen LogP contribution in [0.5, 0.6) is 0 Å². The van der Waals surface area contributed by atoms with Crippen molar-refractivity contribution in [3.05, 3.63) is 36.2 Å². The van der Waals surface area contributed by atoms with Gasteiger partial charge in [0.2, 0.25) is 5.95 Å². The Balaban J connectivity index is 1.78. The molecule has 1 aromatic carbocycles. The van der Waals surface area contributed by atoms with E-state index in [2.05, 4.69) is 39.1 Å². The van der Waals surface area contributed by atoms with Crippen molar-refractivity contribution in [2.24, 2.45) is 0 Å². The van der Waals surface area contributed by atoms with Crippen LogP contribution in [0.15, 0.2) is 24.5 Å². The molecule has 7 nitrogen and oxygen atoms in total. The van der Waals surface area contributed by atoms with E-state index in [0.717, 1.165) is 27.9 Å². The lowest BCUT2D eigenvalue weighted by atomic mass is 10.1. The molecule has 0 spiro atoms. The lowest BCUT2D eigenvalue weighted by molar-refractivity contribution is 0.190. The molecule has 0 fully saturated rings. The highest BCUT2D eigenvalue weighted by atomic mass is 19.1. The molecule has 0 amide bonds. The molecule has 1 atom stereocenters. The Kier molecular flexibility index (Phi) is 4.96. The molecule has 29 heavy (non-hydrogen) atoms. The predicted octanol–water partition coefficient (Wildman–Crippen LogP) is 4.45. The van der Waals surface area contributed by atoms with Crippen LogP contribution in [0, 0.1) is 12.7 Å². The SMILES string of the molecule is COCC(C)Nc1ncc2c(-c3cc(F)c4nc(C)n(C(C)C)c4c3)c[nH]c2n1. The van der Waals surface area contributed by atoms with Gasteiger partial charge in [-0.2, -0.15) is 4.98 Å². The molecule has 3 heterocycles. The summed E-state index contributed by atoms with van der Waals surface area (Å²) < 4.78 is 22.0. The number of ether oxygens (including phenoxy) is 1. The summed E-state index contributed by atoms with van der Waals surface area (Å²) in [6, 6.07) is 3.77. The zero-order valence-corrected chi connectivity index (χ0v) is 17.2. The van der Waals surface area contributed by atoms with Crippen LogP contribution in [0.1, 0.15) is 32.6 Å². The number of benzene rings is 1. The molecule has 0 aliphatic heterocycles. The minimum atomic E-state index is -0.332. The van der Waals surface area contributed by atoms with Crippen molar-refractivity contribution in [1.82, 2.24) is 24.5 Å². The number of hydrogen-bond acceptors (Lipinski definition) is 5. The highest BCUT2D eigenvalue weighted by Gasteiger charge is 2.17. The lowest BCUT2D eigenvalue weighted by Gasteiger charge is -2.12. The first-order valence-electron chi connectivity index (χ1n) is 9.67. The summed E-state index contributed by atoms with van der Waals surface area (Å²) in [4.78, 5) is 16.5. The third-order valence-electron chi connectivity index (χ3n) is 4.98. The summed E-state index contributed by atoms with van der Waals surface area (Å²) >= 11 is 0. The van der Waals surface area contributed by atoms with Crippen LogP contribution in [0.2, 0.25) is 0 Å². The molecule has 1 unspecified atom stereocenters. The summed E-state index contributed by atoms with van der Waals surface area (Å²) in [5.74, 6) is 0.988. The lowest BCUT2D eigenvalue weighted by Crippen LogP contribution is -2.22. The fourth-order valence-corrected chi connectivity index (χ4v) is 3.80. The van der Waals surface area contributed by atoms with E-state index in [1.54, 1.807) is 13.3 Å². The van der Waals surface area contributed by atoms with Crippen molar-refractivity contribution in [3.63, 3.8) is 0 Å². The van der Waals surface area contributed by atoms with Crippen LogP contribution in [0.4, 0.5) is 10.3 Å². The first-order valence-corrected chi connectivity index (χ1v) is 9.67. The average molecular weight is 396 g/mol. The number of nitrogens with one attached hydrogen (secondary N) is 2. The van der Waals surface area contributed by atoms with E-state index >= 15 is 0 Å². The molecule has 0 aliphatic carbocycles. The Labute approximate surface area is 168 Å². The van der Waals surface area contributed by atoms with Crippen LogP contribution >= 0.6 is 0 Å². The van der Waals surface area contributed by atoms with Crippen LogP contribution in [0.3, 0.4) is 0 Å². The van der Waals surface area contributed by atoms with E-state index in [1.165, 1.54) is 6.07 Å². The van der Waals surface area contributed by atoms with Gasteiger partial charge < -0.3 is 19.6 Å². The van der Waals surface area contributed by atoms with Gasteiger partial charge in [0.1, 0.15) is 17.0 Å². The van der Waals surface area contributed by atoms with E-state index < -0.39 is 0 Å². The van der Waals surface area contributed by atoms with Crippen molar-refractivity contribution >= 4 is 28.0 Å². The summed E-state index contributed by atoms with van der Waals surface area (Å²) in [5, 5.41) is 4.04. The van der Waals surface area contributed by atoms with Gasteiger partial charge in [-0.1, -0.05) is 0 Å². The standard InChI is InChI=1S/C21H25FN6O/c1-11(2)28-13(4)26-19-17(22)6-14(7-18(19)28)15-8-23-20-16(15)9-24-21(27-20)25-12(3)10-29-5/h6-9,11-12H,10H2,1-5H3,(H2,23,24,25,27). The molecule has 0 saturated carbocycles. The molecule has 8 heteroatoms. The summed E-state index contributed by atoms with van der Waals surface area (Å²) in [7, 11) is 1.65. The second kappa shape index (κ2) is 7.44. The number of halogens is 1. The quantitative estimate of drug-likeness (QED) is 0.503. The van der Waals surface area contributed by atoms with Crippen molar-refractivity contribution in [3.8, 4) is 11.1 Å². The minimum absolute atomic E-state index is 0.0861. The number of nitrogens with zero attached hydrogens (tertiary/aromatic N) is 4. The average Bonchev–Trinajstić information content (AvgIpc) is 3.22. The summed E-state index contributed by atoms with van der Waals surface area (Å²) in [6.07, 6.45) is 3.59. The van der Waals surface area contributed by atoms with Crippen molar-refractivity contribution in [2.75, 3.05) is 19.0 Å². The zero-order chi connectivity index (χ0) is 20.7. The van der Waals surface area contributed by atoms with Crippen LogP contribution in [0.25, 0.3) is 33.2 Å². The van der Waals surface area contributed by atoms with Gasteiger partial charge in [-0.25, -0.2) is 14.4 Å². The van der Waals surface area contributed by atoms with Crippen LogP contribution < -0.4 is 5.32 Å². The number of aromatic amines is 1. The predicted molar refractivity (Wildman–Crippen MR) is 113 cm³/mol. The number of hydrogen-bond donors (Lipinski definition) is 2. The summed E-state index contributed by atoms with van der Waals surface area (Å²) in [6.45, 7) is 8.58. The van der Waals surface area contributed by atoms with E-state index in [0.29, 0.717) is 23.7 Å². The van der Waals surface area contributed by atoms with Gasteiger partial charge in [0.25, 0.3) is 0 Å². The van der Waals surface area contributed by atoms with E-state index in [1.807, 2.05) is 30.7 Å². The summed E-state index contributed by atoms with van der Waals surface area (Å²) in [5.41, 5.74) is 3.49. The Morgan fingerprint density at radius 3 is 2.76 bits per heavy atom. The number of aryl methyl sites for hydroxylation is 1. The molecule has 152 valence electrons. The number of methoxy groups -OCH3 is 1. The largest absolute Gasteiger partial charge is 0.383 e. The fourth-order valence-electron chi connectivity index (χ4n) is 3.80. The first-order chi connectivity index (χ1) is 13.9. The highest BCUT2D eigenvalue weighted by molar-refractivity contribution is 5.96. The molecule has 2 N–H and O–H groups in total. The Morgan fingerprint density at radius 2 is 2.03 bits per heavy atom. The van der Waals surface area contributed by atoms with Gasteiger partial charge in [-0.3, -0.25) is 0 Å². The topological polar surface area (TPSA) is 80.6 Å². The number of imidazole rings is 1. The van der Waals surface area contributed by atoms with Crippen LogP contribution in [-0.2, 0) is 4.74 Å². The van der Waals surface area contributed by atoms with Crippen molar-refractivity contribution in [1.29, 1.82) is 0 Å². The maximum atomic E-state index is 14.8. The minimum Gasteiger partial charge on any atom is -0.383 e. The first kappa shape index (κ1) is 19.3. The Morgan fingerprint density at radius 1 is 1.24 bits per heavy atom. The number of fused-ring (bicyclic) bond motifs is 2. The van der Waals surface area contributed by atoms with Gasteiger partial charge in [-0.05, 0) is 45.4 Å². The van der Waals surface area contributed by atoms with Gasteiger partial charge in [0.15, 0.2) is 5.82 Å². The molecule has 0 radical (unpaired) electrons. The molecule has 3 aromatic heterocycles. The highest BCUT2D eigenvalue weighted by Crippen LogP contribution is 2.33. The Bertz CT molecular complexity index is 1180. The zero-order valence-electron chi connectivity index (χ0n) is 17.2. The fraction of sp³-hybridized carbons (Fsp3) is 0.381. The van der Waals surface area contributed by atoms with Crippen LogP contribution in [-0.4, -0.2) is 44.3 Å². The third kappa shape index (κ3) is 3.44. The monoisotopic (exact) mass is 396 g/mol. The van der Waals surface area contributed by atoms with Gasteiger partial charge in [0.05, 0.1) is 12.1 Å².